The number of aliphatic carboxylic acids is 1. The van der Waals surface area contributed by atoms with Gasteiger partial charge in [-0.3, -0.25) is 4.79 Å². The van der Waals surface area contributed by atoms with E-state index in [1.807, 2.05) is 80.6 Å². The maximum atomic E-state index is 13.0. The Bertz CT molecular complexity index is 1470. The van der Waals surface area contributed by atoms with E-state index in [1.54, 1.807) is 25.4 Å². The second-order valence-corrected chi connectivity index (χ2v) is 9.50. The highest BCUT2D eigenvalue weighted by Gasteiger charge is 2.21. The van der Waals surface area contributed by atoms with Crippen molar-refractivity contribution in [2.75, 3.05) is 13.7 Å². The summed E-state index contributed by atoms with van der Waals surface area (Å²) in [5.74, 6) is 0.249. The molecule has 1 heterocycles. The molecule has 0 bridgehead atoms. The molecule has 2 amide bonds. The Morgan fingerprint density at radius 3 is 2.34 bits per heavy atom. The van der Waals surface area contributed by atoms with Gasteiger partial charge in [0.2, 0.25) is 5.88 Å². The second-order valence-electron chi connectivity index (χ2n) is 9.50. The van der Waals surface area contributed by atoms with Crippen LogP contribution in [0.3, 0.4) is 0 Å². The first kappa shape index (κ1) is 29.1. The lowest BCUT2D eigenvalue weighted by atomic mass is 9.89. The minimum atomic E-state index is -0.914. The van der Waals surface area contributed by atoms with E-state index in [1.165, 1.54) is 0 Å². The van der Waals surface area contributed by atoms with Crippen LogP contribution < -0.4 is 20.1 Å². The Balaban J connectivity index is 1.74. The molecule has 41 heavy (non-hydrogen) atoms. The summed E-state index contributed by atoms with van der Waals surface area (Å²) < 4.78 is 11.2. The van der Waals surface area contributed by atoms with Crippen molar-refractivity contribution in [3.8, 4) is 33.9 Å². The zero-order valence-corrected chi connectivity index (χ0v) is 23.5. The maximum Gasteiger partial charge on any atom is 0.315 e. The van der Waals surface area contributed by atoms with Gasteiger partial charge in [0.15, 0.2) is 0 Å². The second kappa shape index (κ2) is 14.0. The molecule has 0 radical (unpaired) electrons. The molecule has 212 valence electrons. The van der Waals surface area contributed by atoms with E-state index in [-0.39, 0.29) is 18.5 Å². The van der Waals surface area contributed by atoms with Crippen LogP contribution in [0.15, 0.2) is 85.1 Å². The van der Waals surface area contributed by atoms with Gasteiger partial charge in [-0.15, -0.1) is 0 Å². The zero-order chi connectivity index (χ0) is 29.2. The van der Waals surface area contributed by atoms with Gasteiger partial charge in [0.05, 0.1) is 26.2 Å². The van der Waals surface area contributed by atoms with Crippen molar-refractivity contribution in [3.05, 3.63) is 102 Å². The summed E-state index contributed by atoms with van der Waals surface area (Å²) in [4.78, 5) is 28.9. The molecule has 3 N–H and O–H groups in total. The van der Waals surface area contributed by atoms with Crippen LogP contribution in [0.2, 0.25) is 0 Å². The summed E-state index contributed by atoms with van der Waals surface area (Å²) in [6.07, 6.45) is 2.27. The van der Waals surface area contributed by atoms with Gasteiger partial charge < -0.3 is 25.2 Å². The van der Waals surface area contributed by atoms with Crippen LogP contribution in [0.4, 0.5) is 4.79 Å². The zero-order valence-electron chi connectivity index (χ0n) is 23.5. The van der Waals surface area contributed by atoms with Crippen molar-refractivity contribution in [2.24, 2.45) is 0 Å². The third-order valence-electron chi connectivity index (χ3n) is 6.71. The van der Waals surface area contributed by atoms with Crippen LogP contribution in [0, 0.1) is 0 Å². The maximum absolute atomic E-state index is 13.0. The minimum Gasteiger partial charge on any atom is -0.496 e. The molecule has 3 aromatic carbocycles. The number of benzene rings is 3. The predicted molar refractivity (Wildman–Crippen MR) is 159 cm³/mol. The summed E-state index contributed by atoms with van der Waals surface area (Å²) in [5, 5.41) is 15.5. The minimum absolute atomic E-state index is 0.111. The first-order valence-electron chi connectivity index (χ1n) is 13.6. The third kappa shape index (κ3) is 7.63. The Labute approximate surface area is 240 Å². The average Bonchev–Trinajstić information content (AvgIpc) is 2.99. The molecule has 8 heteroatoms. The molecular formula is C33H35N3O5. The number of methoxy groups -OCH3 is 1. The SMILES string of the molecule is CCOc1ccc(-c2ccc(-c3cc(CC(=O)O)ccc3OC)c(C(CC)NC(=O)NCc3ccccc3)c2)cn1. The number of carbonyl (C=O) groups excluding carboxylic acids is 1. The number of aromatic nitrogens is 1. The molecular weight excluding hydrogens is 518 g/mol. The van der Waals surface area contributed by atoms with Gasteiger partial charge in [0.1, 0.15) is 5.75 Å². The fraction of sp³-hybridized carbons (Fsp3) is 0.242. The van der Waals surface area contributed by atoms with Crippen molar-refractivity contribution < 1.29 is 24.2 Å². The topological polar surface area (TPSA) is 110 Å². The van der Waals surface area contributed by atoms with E-state index in [9.17, 15) is 14.7 Å². The Kier molecular flexibility index (Phi) is 9.94. The van der Waals surface area contributed by atoms with Crippen molar-refractivity contribution in [1.82, 2.24) is 15.6 Å². The smallest absolute Gasteiger partial charge is 0.315 e. The summed E-state index contributed by atoms with van der Waals surface area (Å²) in [6, 6.07) is 24.3. The highest BCUT2D eigenvalue weighted by molar-refractivity contribution is 5.81. The largest absolute Gasteiger partial charge is 0.496 e. The summed E-state index contributed by atoms with van der Waals surface area (Å²) in [7, 11) is 1.59. The van der Waals surface area contributed by atoms with E-state index in [0.29, 0.717) is 36.8 Å². The van der Waals surface area contributed by atoms with Crippen LogP contribution in [-0.4, -0.2) is 35.8 Å². The summed E-state index contributed by atoms with van der Waals surface area (Å²) in [5.41, 5.74) is 5.94. The predicted octanol–water partition coefficient (Wildman–Crippen LogP) is 6.40. The van der Waals surface area contributed by atoms with Crippen LogP contribution in [0.5, 0.6) is 11.6 Å². The lowest BCUT2D eigenvalue weighted by Crippen LogP contribution is -2.37. The highest BCUT2D eigenvalue weighted by atomic mass is 16.5. The fourth-order valence-corrected chi connectivity index (χ4v) is 4.70. The van der Waals surface area contributed by atoms with Gasteiger partial charge in [0.25, 0.3) is 0 Å². The number of ether oxygens (including phenoxy) is 2. The molecule has 0 fully saturated rings. The number of hydrogen-bond acceptors (Lipinski definition) is 5. The average molecular weight is 554 g/mol. The molecule has 0 aliphatic carbocycles. The summed E-state index contributed by atoms with van der Waals surface area (Å²) in [6.45, 7) is 4.85. The molecule has 8 nitrogen and oxygen atoms in total. The number of rotatable bonds is 12. The van der Waals surface area contributed by atoms with Gasteiger partial charge >= 0.3 is 12.0 Å². The van der Waals surface area contributed by atoms with Crippen molar-refractivity contribution >= 4 is 12.0 Å². The molecule has 4 rings (SSSR count). The molecule has 0 saturated carbocycles. The number of carboxylic acid groups (broad SMARTS) is 1. The van der Waals surface area contributed by atoms with Crippen LogP contribution in [0.25, 0.3) is 22.3 Å². The summed E-state index contributed by atoms with van der Waals surface area (Å²) >= 11 is 0. The highest BCUT2D eigenvalue weighted by Crippen LogP contribution is 2.39. The van der Waals surface area contributed by atoms with Crippen LogP contribution >= 0.6 is 0 Å². The lowest BCUT2D eigenvalue weighted by molar-refractivity contribution is -0.136. The monoisotopic (exact) mass is 553 g/mol. The molecule has 1 unspecified atom stereocenters. The molecule has 0 saturated heterocycles. The first-order chi connectivity index (χ1) is 19.9. The lowest BCUT2D eigenvalue weighted by Gasteiger charge is -2.23. The van der Waals surface area contributed by atoms with Crippen molar-refractivity contribution in [3.63, 3.8) is 0 Å². The Hall–Kier alpha value is -4.85. The van der Waals surface area contributed by atoms with E-state index < -0.39 is 5.97 Å². The van der Waals surface area contributed by atoms with Crippen molar-refractivity contribution in [1.29, 1.82) is 0 Å². The number of urea groups is 1. The molecule has 4 aromatic rings. The molecule has 1 aromatic heterocycles. The van der Waals surface area contributed by atoms with Gasteiger partial charge in [-0.05, 0) is 65.4 Å². The van der Waals surface area contributed by atoms with E-state index in [2.05, 4.69) is 15.6 Å². The Morgan fingerprint density at radius 2 is 1.68 bits per heavy atom. The van der Waals surface area contributed by atoms with Gasteiger partial charge in [-0.2, -0.15) is 0 Å². The number of nitrogens with one attached hydrogen (secondary N) is 2. The first-order valence-corrected chi connectivity index (χ1v) is 13.6. The normalized spacial score (nSPS) is 11.4. The number of carboxylic acids is 1. The quantitative estimate of drug-likeness (QED) is 0.187. The van der Waals surface area contributed by atoms with Gasteiger partial charge in [-0.1, -0.05) is 55.5 Å². The fourth-order valence-electron chi connectivity index (χ4n) is 4.70. The van der Waals surface area contributed by atoms with Crippen molar-refractivity contribution in [2.45, 2.75) is 39.3 Å². The number of pyridine rings is 1. The Morgan fingerprint density at radius 1 is 0.902 bits per heavy atom. The van der Waals surface area contributed by atoms with E-state index >= 15 is 0 Å². The molecule has 0 spiro atoms. The molecule has 0 aliphatic heterocycles. The number of amides is 2. The van der Waals surface area contributed by atoms with Crippen LogP contribution in [0.1, 0.15) is 43.0 Å². The van der Waals surface area contributed by atoms with E-state index in [4.69, 9.17) is 9.47 Å². The molecule has 0 aliphatic rings. The van der Waals surface area contributed by atoms with Gasteiger partial charge in [-0.25, -0.2) is 9.78 Å². The van der Waals surface area contributed by atoms with E-state index in [0.717, 1.165) is 33.4 Å². The third-order valence-corrected chi connectivity index (χ3v) is 6.71. The number of nitrogens with zero attached hydrogens (tertiary/aromatic N) is 1. The standard InChI is InChI=1S/C33H35N3O5/c1-4-29(36-33(39)35-20-22-9-7-6-8-10-22)27-19-24(25-13-16-31(34-21-25)41-5-2)12-14-26(27)28-17-23(18-32(37)38)11-15-30(28)40-3/h6-17,19,21,29H,4-5,18,20H2,1-3H3,(H,37,38)(H2,35,36,39). The number of carbonyl (C=O) groups is 2. The molecule has 1 atom stereocenters. The van der Waals surface area contributed by atoms with Gasteiger partial charge in [0, 0.05) is 29.9 Å². The van der Waals surface area contributed by atoms with Crippen LogP contribution in [-0.2, 0) is 17.8 Å². The number of hydrogen-bond donors (Lipinski definition) is 3.